The van der Waals surface area contributed by atoms with Crippen molar-refractivity contribution < 1.29 is 18.7 Å². The summed E-state index contributed by atoms with van der Waals surface area (Å²) in [5.74, 6) is 0.898. The predicted molar refractivity (Wildman–Crippen MR) is 149 cm³/mol. The highest BCUT2D eigenvalue weighted by molar-refractivity contribution is 6.00. The van der Waals surface area contributed by atoms with Gasteiger partial charge in [-0.25, -0.2) is 19.2 Å². The molecule has 3 heterocycles. The molecule has 1 N–H and O–H groups in total. The zero-order valence-electron chi connectivity index (χ0n) is 23.2. The van der Waals surface area contributed by atoms with E-state index in [0.29, 0.717) is 52.4 Å². The van der Waals surface area contributed by atoms with Crippen molar-refractivity contribution >= 4 is 34.2 Å². The SMILES string of the molecule is CC.CCc1cccc(Nc2ncnc3cc(OC)c(N4CC5(CCN(C)CC5CC)OC4=O)cc23)c1F. The van der Waals surface area contributed by atoms with Crippen molar-refractivity contribution in [1.82, 2.24) is 14.9 Å². The summed E-state index contributed by atoms with van der Waals surface area (Å²) in [6.45, 7) is 10.3. The Morgan fingerprint density at radius 1 is 1.24 bits per heavy atom. The molecule has 5 rings (SSSR count). The second-order valence-electron chi connectivity index (χ2n) is 9.66. The number of hydrogen-bond acceptors (Lipinski definition) is 7. The van der Waals surface area contributed by atoms with E-state index >= 15 is 0 Å². The molecule has 2 fully saturated rings. The lowest BCUT2D eigenvalue weighted by Crippen LogP contribution is -2.53. The zero-order chi connectivity index (χ0) is 27.4. The van der Waals surface area contributed by atoms with E-state index < -0.39 is 5.60 Å². The van der Waals surface area contributed by atoms with Gasteiger partial charge in [-0.3, -0.25) is 4.90 Å². The van der Waals surface area contributed by atoms with Gasteiger partial charge in [-0.2, -0.15) is 0 Å². The average molecular weight is 524 g/mol. The lowest BCUT2D eigenvalue weighted by molar-refractivity contribution is -0.0437. The van der Waals surface area contributed by atoms with Crippen LogP contribution in [0.25, 0.3) is 10.9 Å². The third-order valence-corrected chi connectivity index (χ3v) is 7.56. The van der Waals surface area contributed by atoms with E-state index in [1.807, 2.05) is 32.9 Å². The van der Waals surface area contributed by atoms with Gasteiger partial charge in [0, 0.05) is 36.9 Å². The maximum absolute atomic E-state index is 15.0. The predicted octanol–water partition coefficient (Wildman–Crippen LogP) is 6.17. The van der Waals surface area contributed by atoms with Gasteiger partial charge < -0.3 is 19.7 Å². The lowest BCUT2D eigenvalue weighted by Gasteiger charge is -2.42. The molecule has 1 aromatic heterocycles. The van der Waals surface area contributed by atoms with E-state index in [0.717, 1.165) is 25.9 Å². The van der Waals surface area contributed by atoms with Crippen LogP contribution >= 0.6 is 0 Å². The first-order chi connectivity index (χ1) is 18.4. The molecule has 2 aliphatic heterocycles. The van der Waals surface area contributed by atoms with Crippen molar-refractivity contribution in [2.75, 3.05) is 44.0 Å². The summed E-state index contributed by atoms with van der Waals surface area (Å²) in [7, 11) is 3.67. The summed E-state index contributed by atoms with van der Waals surface area (Å²) in [5, 5.41) is 3.78. The number of nitrogens with zero attached hydrogens (tertiary/aromatic N) is 4. The quantitative estimate of drug-likeness (QED) is 0.414. The van der Waals surface area contributed by atoms with Gasteiger partial charge in [0.25, 0.3) is 0 Å². The van der Waals surface area contributed by atoms with Crippen molar-refractivity contribution in [3.05, 3.63) is 48.0 Å². The average Bonchev–Trinajstić information content (AvgIpc) is 3.28. The highest BCUT2D eigenvalue weighted by atomic mass is 19.1. The molecule has 2 unspecified atom stereocenters. The molecule has 2 atom stereocenters. The number of halogens is 1. The van der Waals surface area contributed by atoms with Crippen LogP contribution < -0.4 is 15.0 Å². The monoisotopic (exact) mass is 523 g/mol. The number of benzene rings is 2. The van der Waals surface area contributed by atoms with Crippen molar-refractivity contribution in [3.63, 3.8) is 0 Å². The van der Waals surface area contributed by atoms with E-state index in [4.69, 9.17) is 9.47 Å². The first-order valence-corrected chi connectivity index (χ1v) is 13.4. The largest absolute Gasteiger partial charge is 0.494 e. The molecule has 204 valence electrons. The Morgan fingerprint density at radius 2 is 2.03 bits per heavy atom. The third-order valence-electron chi connectivity index (χ3n) is 7.56. The molecular formula is C29H38FN5O3. The number of piperidine rings is 1. The minimum absolute atomic E-state index is 0.242. The highest BCUT2D eigenvalue weighted by Crippen LogP contribution is 2.44. The van der Waals surface area contributed by atoms with E-state index in [-0.39, 0.29) is 17.8 Å². The second-order valence-corrected chi connectivity index (χ2v) is 9.66. The second kappa shape index (κ2) is 11.5. The van der Waals surface area contributed by atoms with E-state index in [1.54, 1.807) is 30.2 Å². The summed E-state index contributed by atoms with van der Waals surface area (Å²) in [4.78, 5) is 25.9. The van der Waals surface area contributed by atoms with E-state index in [9.17, 15) is 9.18 Å². The standard InChI is InChI=1S/C27H32FN5O3.C2H6/c1-5-17-8-7-9-20(24(17)28)31-25-19-12-22(23(35-4)13-21(19)29-16-30-25)33-15-27(36-26(33)34)10-11-32(3)14-18(27)6-2;1-2/h7-9,12-13,16,18H,5-6,10-11,14-15H2,1-4H3,(H,29,30,31);1-2H3. The fourth-order valence-electron chi connectivity index (χ4n) is 5.46. The third kappa shape index (κ3) is 4.99. The number of ether oxygens (including phenoxy) is 2. The van der Waals surface area contributed by atoms with Gasteiger partial charge in [0.1, 0.15) is 29.3 Å². The van der Waals surface area contributed by atoms with Crippen molar-refractivity contribution in [3.8, 4) is 5.75 Å². The number of methoxy groups -OCH3 is 1. The maximum atomic E-state index is 15.0. The normalized spacial score (nSPS) is 21.3. The molecule has 2 aliphatic rings. The summed E-state index contributed by atoms with van der Waals surface area (Å²) in [6, 6.07) is 8.87. The van der Waals surface area contributed by atoms with Gasteiger partial charge in [-0.15, -0.1) is 0 Å². The van der Waals surface area contributed by atoms with Gasteiger partial charge >= 0.3 is 6.09 Å². The molecule has 0 bridgehead atoms. The topological polar surface area (TPSA) is 79.8 Å². The fourth-order valence-corrected chi connectivity index (χ4v) is 5.46. The smallest absolute Gasteiger partial charge is 0.415 e. The number of anilines is 3. The molecule has 0 saturated carbocycles. The van der Waals surface area contributed by atoms with Gasteiger partial charge in [0.2, 0.25) is 0 Å². The van der Waals surface area contributed by atoms with Crippen LogP contribution in [0.3, 0.4) is 0 Å². The molecule has 0 radical (unpaired) electrons. The van der Waals surface area contributed by atoms with Gasteiger partial charge in [0.15, 0.2) is 0 Å². The van der Waals surface area contributed by atoms with Crippen LogP contribution in [0.5, 0.6) is 5.75 Å². The zero-order valence-corrected chi connectivity index (χ0v) is 23.2. The van der Waals surface area contributed by atoms with E-state index in [2.05, 4.69) is 34.2 Å². The van der Waals surface area contributed by atoms with Crippen LogP contribution in [-0.2, 0) is 11.2 Å². The Hall–Kier alpha value is -3.46. The number of hydrogen-bond donors (Lipinski definition) is 1. The van der Waals surface area contributed by atoms with Crippen LogP contribution in [0.15, 0.2) is 36.7 Å². The number of fused-ring (bicyclic) bond motifs is 1. The number of carbonyl (C=O) groups excluding carboxylic acids is 1. The molecule has 38 heavy (non-hydrogen) atoms. The van der Waals surface area contributed by atoms with Crippen LogP contribution in [0.2, 0.25) is 0 Å². The van der Waals surface area contributed by atoms with Gasteiger partial charge in [-0.1, -0.05) is 39.8 Å². The van der Waals surface area contributed by atoms with Gasteiger partial charge in [0.05, 0.1) is 30.5 Å². The molecule has 9 heteroatoms. The van der Waals surface area contributed by atoms with Crippen molar-refractivity contribution in [1.29, 1.82) is 0 Å². The summed E-state index contributed by atoms with van der Waals surface area (Å²) in [6.07, 6.45) is 3.33. The van der Waals surface area contributed by atoms with E-state index in [1.165, 1.54) is 6.33 Å². The molecule has 3 aromatic rings. The molecule has 1 amide bonds. The van der Waals surface area contributed by atoms with Crippen molar-refractivity contribution in [2.24, 2.45) is 5.92 Å². The first kappa shape index (κ1) is 27.6. The number of aryl methyl sites for hydroxylation is 1. The number of likely N-dealkylation sites (tertiary alicyclic amines) is 1. The summed E-state index contributed by atoms with van der Waals surface area (Å²) >= 11 is 0. The Bertz CT molecular complexity index is 1300. The molecular weight excluding hydrogens is 485 g/mol. The van der Waals surface area contributed by atoms with Crippen LogP contribution in [0, 0.1) is 11.7 Å². The molecule has 0 aliphatic carbocycles. The number of carbonyl (C=O) groups is 1. The minimum atomic E-state index is -0.531. The summed E-state index contributed by atoms with van der Waals surface area (Å²) < 4.78 is 26.7. The first-order valence-electron chi connectivity index (χ1n) is 13.4. The maximum Gasteiger partial charge on any atom is 0.415 e. The Morgan fingerprint density at radius 3 is 2.74 bits per heavy atom. The number of nitrogens with one attached hydrogen (secondary N) is 1. The highest BCUT2D eigenvalue weighted by Gasteiger charge is 2.52. The van der Waals surface area contributed by atoms with Gasteiger partial charge in [-0.05, 0) is 37.6 Å². The van der Waals surface area contributed by atoms with Crippen LogP contribution in [0.4, 0.5) is 26.4 Å². The summed E-state index contributed by atoms with van der Waals surface area (Å²) in [5.41, 5.74) is 1.63. The Kier molecular flexibility index (Phi) is 8.35. The Balaban J connectivity index is 0.00000164. The molecule has 8 nitrogen and oxygen atoms in total. The molecule has 2 saturated heterocycles. The minimum Gasteiger partial charge on any atom is -0.494 e. The lowest BCUT2D eigenvalue weighted by atomic mass is 9.79. The molecule has 2 aromatic carbocycles. The molecule has 1 spiro atoms. The number of amides is 1. The number of aromatic nitrogens is 2. The Labute approximate surface area is 224 Å². The van der Waals surface area contributed by atoms with Crippen LogP contribution in [-0.4, -0.2) is 60.4 Å². The van der Waals surface area contributed by atoms with Crippen molar-refractivity contribution in [2.45, 2.75) is 52.6 Å². The number of rotatable bonds is 6. The van der Waals surface area contributed by atoms with Crippen LogP contribution in [0.1, 0.15) is 46.1 Å². The fraction of sp³-hybridized carbons (Fsp3) is 0.483.